The summed E-state index contributed by atoms with van der Waals surface area (Å²) >= 11 is 5.77. The zero-order valence-corrected chi connectivity index (χ0v) is 13.6. The second-order valence-electron chi connectivity index (χ2n) is 5.08. The van der Waals surface area contributed by atoms with Crippen molar-refractivity contribution in [1.29, 1.82) is 0 Å². The van der Waals surface area contributed by atoms with Crippen molar-refractivity contribution in [3.05, 3.63) is 53.6 Å². The Morgan fingerprint density at radius 1 is 1.21 bits per heavy atom. The minimum absolute atomic E-state index is 0.0497. The fourth-order valence-corrected chi connectivity index (χ4v) is 2.39. The monoisotopic (exact) mass is 343 g/mol. The van der Waals surface area contributed by atoms with E-state index in [4.69, 9.17) is 16.3 Å². The van der Waals surface area contributed by atoms with Gasteiger partial charge in [0.25, 0.3) is 0 Å². The van der Waals surface area contributed by atoms with Gasteiger partial charge in [0.2, 0.25) is 5.88 Å². The van der Waals surface area contributed by atoms with Crippen LogP contribution in [0.5, 0.6) is 11.6 Å². The van der Waals surface area contributed by atoms with E-state index in [0.29, 0.717) is 16.2 Å². The summed E-state index contributed by atoms with van der Waals surface area (Å²) in [6, 6.07) is 14.0. The summed E-state index contributed by atoms with van der Waals surface area (Å²) < 4.78 is 6.89. The molecule has 0 radical (unpaired) electrons. The van der Waals surface area contributed by atoms with Crippen LogP contribution in [0, 0.1) is 0 Å². The molecule has 7 heteroatoms. The molecule has 1 N–H and O–H groups in total. The van der Waals surface area contributed by atoms with Gasteiger partial charge in [-0.2, -0.15) is 0 Å². The third-order valence-electron chi connectivity index (χ3n) is 3.49. The summed E-state index contributed by atoms with van der Waals surface area (Å²) in [4.78, 5) is 11.8. The standard InChI is InChI=1S/C17H14ClN3O3/c1-21-14-5-3-2-4-13(14)16(17(21)23)20-19-15(22)10-24-12-8-6-11(18)7-9-12/h2-9,23H,10H2,1H3. The molecule has 1 aromatic heterocycles. The predicted octanol–water partition coefficient (Wildman–Crippen LogP) is 4.23. The average molecular weight is 344 g/mol. The Hall–Kier alpha value is -2.86. The largest absolute Gasteiger partial charge is 0.493 e. The number of benzene rings is 2. The van der Waals surface area contributed by atoms with Gasteiger partial charge in [-0.3, -0.25) is 4.79 Å². The van der Waals surface area contributed by atoms with Crippen molar-refractivity contribution < 1.29 is 14.6 Å². The Labute approximate surface area is 143 Å². The zero-order valence-electron chi connectivity index (χ0n) is 12.8. The molecule has 24 heavy (non-hydrogen) atoms. The molecule has 1 heterocycles. The van der Waals surface area contributed by atoms with Gasteiger partial charge in [-0.25, -0.2) is 0 Å². The smallest absolute Gasteiger partial charge is 0.302 e. The van der Waals surface area contributed by atoms with E-state index < -0.39 is 5.91 Å². The van der Waals surface area contributed by atoms with Crippen LogP contribution in [0.3, 0.4) is 0 Å². The Morgan fingerprint density at radius 3 is 2.67 bits per heavy atom. The maximum atomic E-state index is 11.8. The highest BCUT2D eigenvalue weighted by atomic mass is 35.5. The molecule has 0 bridgehead atoms. The maximum absolute atomic E-state index is 11.8. The minimum atomic E-state index is -0.558. The fourth-order valence-electron chi connectivity index (χ4n) is 2.27. The highest BCUT2D eigenvalue weighted by molar-refractivity contribution is 6.30. The van der Waals surface area contributed by atoms with Crippen LogP contribution in [0.4, 0.5) is 5.69 Å². The average Bonchev–Trinajstić information content (AvgIpc) is 2.84. The van der Waals surface area contributed by atoms with E-state index in [1.807, 2.05) is 18.2 Å². The number of aryl methyl sites for hydroxylation is 1. The van der Waals surface area contributed by atoms with Crippen molar-refractivity contribution in [1.82, 2.24) is 4.57 Å². The first-order chi connectivity index (χ1) is 11.6. The first-order valence-electron chi connectivity index (χ1n) is 7.15. The van der Waals surface area contributed by atoms with Crippen LogP contribution >= 0.6 is 11.6 Å². The van der Waals surface area contributed by atoms with Gasteiger partial charge in [-0.15, -0.1) is 10.2 Å². The van der Waals surface area contributed by atoms with E-state index in [-0.39, 0.29) is 18.2 Å². The van der Waals surface area contributed by atoms with Crippen molar-refractivity contribution in [2.75, 3.05) is 6.61 Å². The lowest BCUT2D eigenvalue weighted by Gasteiger charge is -2.02. The lowest BCUT2D eigenvalue weighted by Crippen LogP contribution is -2.07. The summed E-state index contributed by atoms with van der Waals surface area (Å²) in [5.41, 5.74) is 1.06. The fraction of sp³-hybridized carbons (Fsp3) is 0.118. The lowest BCUT2D eigenvalue weighted by molar-refractivity contribution is -0.120. The van der Waals surface area contributed by atoms with Crippen molar-refractivity contribution in [3.63, 3.8) is 0 Å². The van der Waals surface area contributed by atoms with Gasteiger partial charge in [0.05, 0.1) is 5.52 Å². The van der Waals surface area contributed by atoms with E-state index in [1.54, 1.807) is 41.9 Å². The summed E-state index contributed by atoms with van der Waals surface area (Å²) in [7, 11) is 1.71. The molecule has 0 atom stereocenters. The molecule has 1 amide bonds. The summed E-state index contributed by atoms with van der Waals surface area (Å²) in [5, 5.41) is 18.9. The minimum Gasteiger partial charge on any atom is -0.493 e. The third kappa shape index (κ3) is 3.23. The number of para-hydroxylation sites is 1. The molecule has 6 nitrogen and oxygen atoms in total. The van der Waals surface area contributed by atoms with Gasteiger partial charge in [0, 0.05) is 17.5 Å². The number of hydrogen-bond acceptors (Lipinski definition) is 4. The number of aromatic nitrogens is 1. The molecule has 0 aliphatic carbocycles. The molecule has 0 unspecified atom stereocenters. The number of fused-ring (bicyclic) bond motifs is 1. The number of rotatable bonds is 4. The van der Waals surface area contributed by atoms with E-state index in [1.165, 1.54) is 0 Å². The molecule has 0 aliphatic rings. The van der Waals surface area contributed by atoms with Crippen molar-refractivity contribution in [2.45, 2.75) is 0 Å². The van der Waals surface area contributed by atoms with E-state index >= 15 is 0 Å². The number of carbonyl (C=O) groups is 1. The first-order valence-corrected chi connectivity index (χ1v) is 7.53. The van der Waals surface area contributed by atoms with Crippen LogP contribution in [0.25, 0.3) is 10.9 Å². The van der Waals surface area contributed by atoms with Crippen molar-refractivity contribution >= 4 is 34.1 Å². The maximum Gasteiger partial charge on any atom is 0.302 e. The number of carbonyl (C=O) groups excluding carboxylic acids is 1. The SMILES string of the molecule is Cn1c(O)c(N=NC(=O)COc2ccc(Cl)cc2)c2ccccc21. The Kier molecular flexibility index (Phi) is 4.48. The molecule has 0 fully saturated rings. The molecule has 2 aromatic carbocycles. The number of aromatic hydroxyl groups is 1. The quantitative estimate of drug-likeness (QED) is 0.720. The predicted molar refractivity (Wildman–Crippen MR) is 91.1 cm³/mol. The number of hydrogen-bond donors (Lipinski definition) is 1. The zero-order chi connectivity index (χ0) is 17.1. The Bertz CT molecular complexity index is 917. The van der Waals surface area contributed by atoms with Crippen LogP contribution in [-0.4, -0.2) is 22.2 Å². The number of halogens is 1. The van der Waals surface area contributed by atoms with E-state index in [9.17, 15) is 9.90 Å². The number of nitrogens with zero attached hydrogens (tertiary/aromatic N) is 3. The van der Waals surface area contributed by atoms with Gasteiger partial charge in [-0.1, -0.05) is 29.8 Å². The van der Waals surface area contributed by atoms with Crippen LogP contribution in [-0.2, 0) is 11.8 Å². The highest BCUT2D eigenvalue weighted by Crippen LogP contribution is 2.37. The summed E-state index contributed by atoms with van der Waals surface area (Å²) in [5.74, 6) is -0.0976. The van der Waals surface area contributed by atoms with Gasteiger partial charge in [0.1, 0.15) is 5.75 Å². The Balaban J connectivity index is 1.72. The van der Waals surface area contributed by atoms with Crippen molar-refractivity contribution in [2.24, 2.45) is 17.3 Å². The molecule has 3 aromatic rings. The van der Waals surface area contributed by atoms with Crippen LogP contribution < -0.4 is 4.74 Å². The van der Waals surface area contributed by atoms with E-state index in [0.717, 1.165) is 5.52 Å². The van der Waals surface area contributed by atoms with Crippen molar-refractivity contribution in [3.8, 4) is 11.6 Å². The van der Waals surface area contributed by atoms with Crippen LogP contribution in [0.2, 0.25) is 5.02 Å². The Morgan fingerprint density at radius 2 is 1.92 bits per heavy atom. The van der Waals surface area contributed by atoms with Gasteiger partial charge >= 0.3 is 5.91 Å². The normalized spacial score (nSPS) is 11.2. The van der Waals surface area contributed by atoms with Crippen LogP contribution in [0.15, 0.2) is 58.8 Å². The van der Waals surface area contributed by atoms with Gasteiger partial charge in [-0.05, 0) is 30.3 Å². The second-order valence-corrected chi connectivity index (χ2v) is 5.52. The summed E-state index contributed by atoms with van der Waals surface area (Å²) in [6.45, 7) is -0.253. The highest BCUT2D eigenvalue weighted by Gasteiger charge is 2.14. The molecule has 122 valence electrons. The lowest BCUT2D eigenvalue weighted by atomic mass is 10.2. The third-order valence-corrected chi connectivity index (χ3v) is 3.74. The van der Waals surface area contributed by atoms with E-state index in [2.05, 4.69) is 10.2 Å². The first kappa shape index (κ1) is 16.0. The molecule has 0 saturated heterocycles. The summed E-state index contributed by atoms with van der Waals surface area (Å²) in [6.07, 6.45) is 0. The van der Waals surface area contributed by atoms with Crippen LogP contribution in [0.1, 0.15) is 0 Å². The molecular weight excluding hydrogens is 330 g/mol. The number of azo groups is 1. The number of ether oxygens (including phenoxy) is 1. The molecule has 0 aliphatic heterocycles. The topological polar surface area (TPSA) is 76.2 Å². The van der Waals surface area contributed by atoms with Gasteiger partial charge < -0.3 is 14.4 Å². The molecule has 0 saturated carbocycles. The molecular formula is C17H14ClN3O3. The number of amides is 1. The second kappa shape index (κ2) is 6.72. The molecule has 3 rings (SSSR count). The van der Waals surface area contributed by atoms with Gasteiger partial charge in [0.15, 0.2) is 12.3 Å². The molecule has 0 spiro atoms.